The lowest BCUT2D eigenvalue weighted by molar-refractivity contribution is -0.298. The van der Waals surface area contributed by atoms with Crippen LogP contribution in [-0.2, 0) is 0 Å². The first-order valence-corrected chi connectivity index (χ1v) is 2.58. The predicted octanol–water partition coefficient (Wildman–Crippen LogP) is 1.31. The average Bonchev–Trinajstić information content (AvgIpc) is 1.69. The van der Waals surface area contributed by atoms with Crippen LogP contribution in [0.3, 0.4) is 0 Å². The van der Waals surface area contributed by atoms with E-state index in [2.05, 4.69) is 0 Å². The molecule has 0 amide bonds. The normalized spacial score (nSPS) is 11.2. The van der Waals surface area contributed by atoms with Gasteiger partial charge in [0.2, 0.25) is 0 Å². The maximum Gasteiger partial charge on any atom is 0.0980 e. The zero-order valence-electron chi connectivity index (χ0n) is 5.06. The molecule has 0 bridgehead atoms. The monoisotopic (exact) mass is 124 g/mol. The largest absolute Gasteiger partial charge is 0.185 e. The highest BCUT2D eigenvalue weighted by molar-refractivity contribution is 4.33. The first-order chi connectivity index (χ1) is 3.72. The van der Waals surface area contributed by atoms with Crippen molar-refractivity contribution in [1.82, 2.24) is 10.5 Å². The van der Waals surface area contributed by atoms with Gasteiger partial charge in [0, 0.05) is 13.1 Å². The Morgan fingerprint density at radius 3 is 1.50 bits per heavy atom. The topological polar surface area (TPSA) is 6.48 Å². The maximum atomic E-state index is 11.5. The van der Waals surface area contributed by atoms with E-state index in [1.54, 1.807) is 13.8 Å². The van der Waals surface area contributed by atoms with E-state index in [0.717, 1.165) is 5.01 Å². The summed E-state index contributed by atoms with van der Waals surface area (Å²) in [6, 6.07) is 0. The summed E-state index contributed by atoms with van der Waals surface area (Å²) in [7, 11) is 0. The van der Waals surface area contributed by atoms with Crippen LogP contribution in [0.2, 0.25) is 0 Å². The van der Waals surface area contributed by atoms with Gasteiger partial charge in [0.15, 0.2) is 0 Å². The first-order valence-electron chi connectivity index (χ1n) is 2.58. The lowest BCUT2D eigenvalue weighted by atomic mass is 10.6. The summed E-state index contributed by atoms with van der Waals surface area (Å²) in [6.07, 6.45) is 0. The molecule has 4 heteroatoms. The fourth-order valence-electron chi connectivity index (χ4n) is 0.437. The van der Waals surface area contributed by atoms with Gasteiger partial charge in [-0.05, 0) is 0 Å². The highest BCUT2D eigenvalue weighted by Crippen LogP contribution is 1.96. The van der Waals surface area contributed by atoms with Gasteiger partial charge in [0.25, 0.3) is 0 Å². The molecule has 0 unspecified atom stereocenters. The third-order valence-corrected chi connectivity index (χ3v) is 0.944. The summed E-state index contributed by atoms with van der Waals surface area (Å²) in [5.41, 5.74) is -0.889. The summed E-state index contributed by atoms with van der Waals surface area (Å²) < 4.78 is 22.9. The van der Waals surface area contributed by atoms with Gasteiger partial charge in [-0.3, -0.25) is 0 Å². The molecule has 0 rings (SSSR count). The lowest BCUT2D eigenvalue weighted by Crippen LogP contribution is -2.30. The lowest BCUT2D eigenvalue weighted by Gasteiger charge is -2.15. The molecule has 0 fully saturated rings. The number of hydrazine groups is 1. The molecule has 0 saturated carbocycles. The molecule has 2 nitrogen and oxygen atoms in total. The minimum atomic E-state index is -0.889. The van der Waals surface area contributed by atoms with E-state index < -0.39 is 5.45 Å². The van der Waals surface area contributed by atoms with E-state index in [4.69, 9.17) is 0 Å². The van der Waals surface area contributed by atoms with Crippen LogP contribution in [0.25, 0.3) is 0 Å². The highest BCUT2D eigenvalue weighted by Gasteiger charge is 2.06. The third kappa shape index (κ3) is 2.18. The van der Waals surface area contributed by atoms with Gasteiger partial charge >= 0.3 is 0 Å². The molecule has 0 aliphatic rings. The zero-order chi connectivity index (χ0) is 6.57. The Hall–Kier alpha value is -0.220. The predicted molar refractivity (Wildman–Crippen MR) is 27.0 cm³/mol. The van der Waals surface area contributed by atoms with Crippen molar-refractivity contribution in [2.75, 3.05) is 13.1 Å². The molecule has 0 atom stereocenters. The molecule has 0 aromatic heterocycles. The Morgan fingerprint density at radius 1 is 1.12 bits per heavy atom. The van der Waals surface area contributed by atoms with Gasteiger partial charge in [0.1, 0.15) is 0 Å². The van der Waals surface area contributed by atoms with Crippen LogP contribution in [0.4, 0.5) is 8.96 Å². The van der Waals surface area contributed by atoms with Crippen LogP contribution >= 0.6 is 0 Å². The number of rotatable bonds is 3. The Bertz CT molecular complexity index is 54.0. The van der Waals surface area contributed by atoms with Crippen molar-refractivity contribution >= 4 is 0 Å². The van der Waals surface area contributed by atoms with Crippen molar-refractivity contribution in [1.29, 1.82) is 0 Å². The number of hydrogen-bond acceptors (Lipinski definition) is 2. The van der Waals surface area contributed by atoms with Crippen molar-refractivity contribution in [3.63, 3.8) is 0 Å². The van der Waals surface area contributed by atoms with Gasteiger partial charge < -0.3 is 0 Å². The molecule has 0 aliphatic carbocycles. The number of halogens is 2. The molecule has 0 heterocycles. The summed E-state index contributed by atoms with van der Waals surface area (Å²) in [5.74, 6) is 0. The van der Waals surface area contributed by atoms with Crippen molar-refractivity contribution in [3.05, 3.63) is 0 Å². The Morgan fingerprint density at radius 2 is 1.50 bits per heavy atom. The smallest absolute Gasteiger partial charge is 0.0980 e. The molecule has 0 radical (unpaired) electrons. The van der Waals surface area contributed by atoms with Gasteiger partial charge in [-0.2, -0.15) is 5.01 Å². The van der Waals surface area contributed by atoms with Crippen LogP contribution in [0, 0.1) is 0 Å². The van der Waals surface area contributed by atoms with E-state index in [1.165, 1.54) is 0 Å². The van der Waals surface area contributed by atoms with Crippen molar-refractivity contribution in [2.24, 2.45) is 0 Å². The number of nitrogens with zero attached hydrogens (tertiary/aromatic N) is 2. The maximum absolute atomic E-state index is 11.5. The van der Waals surface area contributed by atoms with E-state index >= 15 is 0 Å². The molecule has 0 aliphatic heterocycles. The Labute approximate surface area is 47.5 Å². The second-order valence-electron chi connectivity index (χ2n) is 1.35. The summed E-state index contributed by atoms with van der Waals surface area (Å²) in [4.78, 5) is 0. The van der Waals surface area contributed by atoms with Gasteiger partial charge in [0.05, 0.1) is 5.45 Å². The highest BCUT2D eigenvalue weighted by atomic mass is 19.4. The molecular formula is C4H10F2N2. The van der Waals surface area contributed by atoms with E-state index in [0.29, 0.717) is 13.1 Å². The summed E-state index contributed by atoms with van der Waals surface area (Å²) in [6.45, 7) is 4.05. The molecular weight excluding hydrogens is 114 g/mol. The fraction of sp³-hybridized carbons (Fsp3) is 1.00. The molecule has 0 saturated heterocycles. The zero-order valence-corrected chi connectivity index (χ0v) is 5.06. The molecule has 8 heavy (non-hydrogen) atoms. The van der Waals surface area contributed by atoms with Crippen molar-refractivity contribution < 1.29 is 8.96 Å². The van der Waals surface area contributed by atoms with Crippen LogP contribution < -0.4 is 0 Å². The third-order valence-electron chi connectivity index (χ3n) is 0.944. The number of hydrogen-bond donors (Lipinski definition) is 0. The second-order valence-corrected chi connectivity index (χ2v) is 1.35. The standard InChI is InChI=1S/C4H10F2N2/c1-3-7(4-2)8(5)6/h3-4H2,1-2H3. The van der Waals surface area contributed by atoms with E-state index in [1.807, 2.05) is 0 Å². The average molecular weight is 124 g/mol. The summed E-state index contributed by atoms with van der Waals surface area (Å²) in [5, 5.41) is 0.917. The van der Waals surface area contributed by atoms with E-state index in [-0.39, 0.29) is 0 Å². The molecule has 0 aromatic carbocycles. The van der Waals surface area contributed by atoms with Crippen LogP contribution in [0.5, 0.6) is 0 Å². The van der Waals surface area contributed by atoms with Crippen LogP contribution in [0.15, 0.2) is 0 Å². The fourth-order valence-corrected chi connectivity index (χ4v) is 0.437. The molecule has 0 N–H and O–H groups in total. The summed E-state index contributed by atoms with van der Waals surface area (Å²) >= 11 is 0. The van der Waals surface area contributed by atoms with Crippen molar-refractivity contribution in [3.8, 4) is 0 Å². The SMILES string of the molecule is CCN(CC)N(F)F. The quantitative estimate of drug-likeness (QED) is 0.413. The first kappa shape index (κ1) is 7.78. The second kappa shape index (κ2) is 3.74. The Kier molecular flexibility index (Phi) is 3.64. The minimum absolute atomic E-state index is 0.351. The molecule has 50 valence electrons. The van der Waals surface area contributed by atoms with Gasteiger partial charge in [-0.1, -0.05) is 22.8 Å². The van der Waals surface area contributed by atoms with Crippen LogP contribution in [-0.4, -0.2) is 23.6 Å². The van der Waals surface area contributed by atoms with Gasteiger partial charge in [-0.25, -0.2) is 0 Å². The minimum Gasteiger partial charge on any atom is -0.185 e. The van der Waals surface area contributed by atoms with Gasteiger partial charge in [-0.15, -0.1) is 0 Å². The molecule has 0 spiro atoms. The van der Waals surface area contributed by atoms with E-state index in [9.17, 15) is 8.96 Å². The molecule has 0 aromatic rings. The van der Waals surface area contributed by atoms with Crippen LogP contribution in [0.1, 0.15) is 13.8 Å². The van der Waals surface area contributed by atoms with Crippen molar-refractivity contribution in [2.45, 2.75) is 13.8 Å². The Balaban J connectivity index is 3.35.